The summed E-state index contributed by atoms with van der Waals surface area (Å²) in [7, 11) is -3.98. The number of rotatable bonds is 5. The van der Waals surface area contributed by atoms with E-state index in [9.17, 15) is 13.2 Å². The molecule has 0 amide bonds. The zero-order valence-corrected chi connectivity index (χ0v) is 17.9. The zero-order valence-electron chi connectivity index (χ0n) is 16.3. The molecule has 0 bridgehead atoms. The number of carbonyl (C=O) groups is 1. The normalized spacial score (nSPS) is 18.1. The monoisotopic (exact) mass is 437 g/mol. The average molecular weight is 438 g/mol. The number of hydrogen-bond acceptors (Lipinski definition) is 3. The molecule has 4 nitrogen and oxygen atoms in total. The third kappa shape index (κ3) is 3.34. The minimum atomic E-state index is -3.98. The Kier molecular flexibility index (Phi) is 5.26. The van der Waals surface area contributed by atoms with Crippen molar-refractivity contribution in [1.82, 2.24) is 0 Å². The second kappa shape index (κ2) is 7.74. The number of fused-ring (bicyclic) bond motifs is 1. The SMILES string of the molecule is C=C[C@@H]1c2ccccc2N(S(=O)(=O)c2ccc(C)cc2)[C@H]1C(=O)c1ccc(Cl)cc1. The minimum Gasteiger partial charge on any atom is -0.292 e. The van der Waals surface area contributed by atoms with Crippen molar-refractivity contribution in [2.75, 3.05) is 4.31 Å². The van der Waals surface area contributed by atoms with Gasteiger partial charge in [0.05, 0.1) is 10.6 Å². The lowest BCUT2D eigenvalue weighted by Gasteiger charge is -2.28. The van der Waals surface area contributed by atoms with E-state index in [1.165, 1.54) is 4.31 Å². The molecule has 4 rings (SSSR count). The Morgan fingerprint density at radius 1 is 1.00 bits per heavy atom. The van der Waals surface area contributed by atoms with E-state index in [0.717, 1.165) is 11.1 Å². The van der Waals surface area contributed by atoms with Gasteiger partial charge in [-0.25, -0.2) is 8.42 Å². The van der Waals surface area contributed by atoms with Crippen LogP contribution in [0.1, 0.15) is 27.4 Å². The van der Waals surface area contributed by atoms with Crippen LogP contribution in [0, 0.1) is 6.92 Å². The number of sulfonamides is 1. The van der Waals surface area contributed by atoms with Crippen LogP contribution >= 0.6 is 11.6 Å². The number of carbonyl (C=O) groups excluding carboxylic acids is 1. The molecule has 30 heavy (non-hydrogen) atoms. The summed E-state index contributed by atoms with van der Waals surface area (Å²) in [5.74, 6) is -0.770. The van der Waals surface area contributed by atoms with Crippen molar-refractivity contribution in [2.45, 2.75) is 23.8 Å². The lowest BCUT2D eigenvalue weighted by Crippen LogP contribution is -2.44. The fraction of sp³-hybridized carbons (Fsp3) is 0.125. The van der Waals surface area contributed by atoms with E-state index in [0.29, 0.717) is 16.3 Å². The largest absolute Gasteiger partial charge is 0.292 e. The van der Waals surface area contributed by atoms with Crippen molar-refractivity contribution < 1.29 is 13.2 Å². The Morgan fingerprint density at radius 2 is 1.63 bits per heavy atom. The van der Waals surface area contributed by atoms with Crippen LogP contribution < -0.4 is 4.31 Å². The summed E-state index contributed by atoms with van der Waals surface area (Å²) in [5, 5.41) is 0.505. The van der Waals surface area contributed by atoms with Crippen molar-refractivity contribution in [2.24, 2.45) is 0 Å². The second-order valence-corrected chi connectivity index (χ2v) is 9.50. The number of nitrogens with zero attached hydrogens (tertiary/aromatic N) is 1. The maximum Gasteiger partial charge on any atom is 0.265 e. The van der Waals surface area contributed by atoms with E-state index in [1.54, 1.807) is 66.7 Å². The summed E-state index contributed by atoms with van der Waals surface area (Å²) >= 11 is 5.97. The van der Waals surface area contributed by atoms with Crippen molar-refractivity contribution in [3.05, 3.63) is 107 Å². The van der Waals surface area contributed by atoms with E-state index in [2.05, 4.69) is 6.58 Å². The third-order valence-electron chi connectivity index (χ3n) is 5.36. The molecule has 0 saturated heterocycles. The molecule has 6 heteroatoms. The molecule has 0 saturated carbocycles. The van der Waals surface area contributed by atoms with E-state index in [-0.39, 0.29) is 10.7 Å². The first-order valence-electron chi connectivity index (χ1n) is 9.47. The van der Waals surface area contributed by atoms with Crippen LogP contribution in [0.25, 0.3) is 0 Å². The lowest BCUT2D eigenvalue weighted by molar-refractivity contribution is 0.0961. The minimum absolute atomic E-state index is 0.140. The van der Waals surface area contributed by atoms with Gasteiger partial charge in [-0.05, 0) is 55.0 Å². The van der Waals surface area contributed by atoms with Crippen LogP contribution in [0.15, 0.2) is 90.3 Å². The van der Waals surface area contributed by atoms with Gasteiger partial charge in [0, 0.05) is 16.5 Å². The van der Waals surface area contributed by atoms with E-state index in [4.69, 9.17) is 11.6 Å². The summed E-state index contributed by atoms with van der Waals surface area (Å²) in [6.07, 6.45) is 1.64. The van der Waals surface area contributed by atoms with Crippen LogP contribution in [-0.2, 0) is 10.0 Å². The number of aryl methyl sites for hydroxylation is 1. The van der Waals surface area contributed by atoms with Gasteiger partial charge in [0.1, 0.15) is 6.04 Å². The highest BCUT2D eigenvalue weighted by Crippen LogP contribution is 2.45. The van der Waals surface area contributed by atoms with Gasteiger partial charge in [-0.2, -0.15) is 0 Å². The van der Waals surface area contributed by atoms with E-state index >= 15 is 0 Å². The summed E-state index contributed by atoms with van der Waals surface area (Å²) in [6, 6.07) is 19.3. The maximum atomic E-state index is 13.7. The molecule has 0 aliphatic carbocycles. The molecule has 0 aromatic heterocycles. The standard InChI is InChI=1S/C24H20ClNO3S/c1-3-20-21-6-4-5-7-22(21)26(30(28,29)19-14-8-16(2)9-15-19)23(20)24(27)17-10-12-18(25)13-11-17/h3-15,20,23H,1H2,2H3/t20-,23-/m1/s1. The molecule has 0 radical (unpaired) electrons. The van der Waals surface area contributed by atoms with Gasteiger partial charge in [0.2, 0.25) is 0 Å². The summed E-state index contributed by atoms with van der Waals surface area (Å²) in [4.78, 5) is 13.7. The van der Waals surface area contributed by atoms with Crippen LogP contribution in [-0.4, -0.2) is 20.2 Å². The molecule has 1 aliphatic heterocycles. The highest BCUT2D eigenvalue weighted by Gasteiger charge is 2.47. The van der Waals surface area contributed by atoms with Crippen LogP contribution in [0.4, 0.5) is 5.69 Å². The molecule has 0 fully saturated rings. The molecule has 3 aromatic carbocycles. The van der Waals surface area contributed by atoms with Crippen LogP contribution in [0.5, 0.6) is 0 Å². The Hall–Kier alpha value is -2.89. The zero-order chi connectivity index (χ0) is 21.5. The Balaban J connectivity index is 1.90. The number of para-hydroxylation sites is 1. The molecular formula is C24H20ClNO3S. The highest BCUT2D eigenvalue weighted by molar-refractivity contribution is 7.93. The van der Waals surface area contributed by atoms with Gasteiger partial charge in [-0.3, -0.25) is 9.10 Å². The smallest absolute Gasteiger partial charge is 0.265 e. The quantitative estimate of drug-likeness (QED) is 0.398. The maximum absolute atomic E-state index is 13.7. The molecule has 0 spiro atoms. The number of anilines is 1. The van der Waals surface area contributed by atoms with E-state index < -0.39 is 22.0 Å². The van der Waals surface area contributed by atoms with Crippen LogP contribution in [0.2, 0.25) is 5.02 Å². The number of ketones is 1. The summed E-state index contributed by atoms with van der Waals surface area (Å²) in [5.41, 5.74) is 2.60. The molecule has 2 atom stereocenters. The first kappa shape index (κ1) is 20.4. The highest BCUT2D eigenvalue weighted by atomic mass is 35.5. The second-order valence-electron chi connectivity index (χ2n) is 7.25. The lowest BCUT2D eigenvalue weighted by atomic mass is 9.90. The first-order valence-corrected chi connectivity index (χ1v) is 11.3. The van der Waals surface area contributed by atoms with Crippen molar-refractivity contribution in [3.63, 3.8) is 0 Å². The fourth-order valence-corrected chi connectivity index (χ4v) is 5.63. The predicted molar refractivity (Wildman–Crippen MR) is 120 cm³/mol. The van der Waals surface area contributed by atoms with Gasteiger partial charge < -0.3 is 0 Å². The van der Waals surface area contributed by atoms with Crippen molar-refractivity contribution in [1.29, 1.82) is 0 Å². The molecule has 1 heterocycles. The first-order chi connectivity index (χ1) is 14.3. The third-order valence-corrected chi connectivity index (χ3v) is 7.42. The Morgan fingerprint density at radius 3 is 2.27 bits per heavy atom. The predicted octanol–water partition coefficient (Wildman–Crippen LogP) is 5.38. The van der Waals surface area contributed by atoms with Gasteiger partial charge in [0.25, 0.3) is 10.0 Å². The Bertz CT molecular complexity index is 1220. The fourth-order valence-electron chi connectivity index (χ4n) is 3.85. The molecule has 152 valence electrons. The van der Waals surface area contributed by atoms with Gasteiger partial charge in [-0.1, -0.05) is 53.6 Å². The van der Waals surface area contributed by atoms with E-state index in [1.807, 2.05) is 19.1 Å². The number of Topliss-reactive ketones (excluding diaryl/α,β-unsaturated/α-hetero) is 1. The number of benzene rings is 3. The Labute approximate surface area is 181 Å². The summed E-state index contributed by atoms with van der Waals surface area (Å²) in [6.45, 7) is 5.78. The summed E-state index contributed by atoms with van der Waals surface area (Å²) < 4.78 is 28.6. The molecule has 0 N–H and O–H groups in total. The van der Waals surface area contributed by atoms with Gasteiger partial charge >= 0.3 is 0 Å². The molecule has 3 aromatic rings. The molecular weight excluding hydrogens is 418 g/mol. The van der Waals surface area contributed by atoms with Crippen molar-refractivity contribution in [3.8, 4) is 0 Å². The topological polar surface area (TPSA) is 54.5 Å². The molecule has 1 aliphatic rings. The number of hydrogen-bond donors (Lipinski definition) is 0. The molecule has 0 unspecified atom stereocenters. The average Bonchev–Trinajstić information content (AvgIpc) is 3.09. The number of halogens is 1. The van der Waals surface area contributed by atoms with Gasteiger partial charge in [-0.15, -0.1) is 6.58 Å². The van der Waals surface area contributed by atoms with Crippen molar-refractivity contribution >= 4 is 33.1 Å². The van der Waals surface area contributed by atoms with Gasteiger partial charge in [0.15, 0.2) is 5.78 Å². The van der Waals surface area contributed by atoms with Crippen LogP contribution in [0.3, 0.4) is 0 Å².